The molecular weight excluding hydrogens is 450 g/mol. The molecule has 3 heterocycles. The highest BCUT2D eigenvalue weighted by Crippen LogP contribution is 2.69. The minimum atomic E-state index is -0.675. The fourth-order valence-electron chi connectivity index (χ4n) is 6.21. The van der Waals surface area contributed by atoms with Gasteiger partial charge in [-0.2, -0.15) is 15.3 Å². The van der Waals surface area contributed by atoms with Crippen LogP contribution in [0.25, 0.3) is 11.3 Å². The molecule has 1 aromatic carbocycles. The molecule has 3 aromatic rings. The number of rotatable bonds is 4. The largest absolute Gasteiger partial charge is 0.387 e. The second kappa shape index (κ2) is 7.52. The predicted molar refractivity (Wildman–Crippen MR) is 126 cm³/mol. The van der Waals surface area contributed by atoms with Crippen LogP contribution in [0.1, 0.15) is 68.6 Å². The average Bonchev–Trinajstić information content (AvgIpc) is 3.48. The fraction of sp³-hybridized carbons (Fsp3) is 0.385. The summed E-state index contributed by atoms with van der Waals surface area (Å²) in [7, 11) is 0. The number of fused-ring (bicyclic) bond motifs is 5. The first-order valence-corrected chi connectivity index (χ1v) is 11.7. The fourth-order valence-corrected chi connectivity index (χ4v) is 6.21. The first-order valence-electron chi connectivity index (χ1n) is 11.7. The number of aliphatic hydroxyl groups is 1. The Morgan fingerprint density at radius 1 is 1.06 bits per heavy atom. The molecule has 6 rings (SSSR count). The van der Waals surface area contributed by atoms with Crippen molar-refractivity contribution in [3.8, 4) is 11.3 Å². The first-order chi connectivity index (χ1) is 16.7. The van der Waals surface area contributed by atoms with Crippen LogP contribution in [-0.4, -0.2) is 42.8 Å². The van der Waals surface area contributed by atoms with Crippen LogP contribution in [0.2, 0.25) is 0 Å². The minimum absolute atomic E-state index is 0.140. The number of benzene rings is 1. The molecule has 0 saturated heterocycles. The van der Waals surface area contributed by atoms with Crippen molar-refractivity contribution in [1.82, 2.24) is 20.2 Å². The van der Waals surface area contributed by atoms with Crippen molar-refractivity contribution in [3.63, 3.8) is 0 Å². The molecule has 2 aromatic heterocycles. The monoisotopic (exact) mass is 474 g/mol. The maximum absolute atomic E-state index is 14.5. The zero-order chi connectivity index (χ0) is 24.5. The van der Waals surface area contributed by atoms with E-state index in [2.05, 4.69) is 39.2 Å². The number of hydrogen-bond acceptors (Lipinski definition) is 7. The van der Waals surface area contributed by atoms with Gasteiger partial charge in [0.2, 0.25) is 0 Å². The summed E-state index contributed by atoms with van der Waals surface area (Å²) in [5, 5.41) is 27.0. The Hall–Kier alpha value is -3.46. The summed E-state index contributed by atoms with van der Waals surface area (Å²) in [6.07, 6.45) is 4.88. The van der Waals surface area contributed by atoms with Crippen molar-refractivity contribution in [2.24, 2.45) is 15.6 Å². The second-order valence-corrected chi connectivity index (χ2v) is 10.1. The molecule has 0 amide bonds. The smallest absolute Gasteiger partial charge is 0.135 e. The Morgan fingerprint density at radius 3 is 2.54 bits per heavy atom. The van der Waals surface area contributed by atoms with E-state index in [0.717, 1.165) is 29.8 Å². The minimum Gasteiger partial charge on any atom is -0.387 e. The molecule has 0 radical (unpaired) electrons. The van der Waals surface area contributed by atoms with E-state index >= 15 is 0 Å². The van der Waals surface area contributed by atoms with Gasteiger partial charge in [0.25, 0.3) is 0 Å². The summed E-state index contributed by atoms with van der Waals surface area (Å²) >= 11 is 0. The Bertz CT molecular complexity index is 1410. The Balaban J connectivity index is 1.45. The highest BCUT2D eigenvalue weighted by atomic mass is 19.1. The summed E-state index contributed by atoms with van der Waals surface area (Å²) < 4.78 is 29.0. The lowest BCUT2D eigenvalue weighted by molar-refractivity contribution is 0.242. The molecule has 1 fully saturated rings. The van der Waals surface area contributed by atoms with Gasteiger partial charge < -0.3 is 5.11 Å². The lowest BCUT2D eigenvalue weighted by Gasteiger charge is -2.37. The van der Waals surface area contributed by atoms with Gasteiger partial charge in [-0.05, 0) is 54.9 Å². The molecule has 1 N–H and O–H groups in total. The number of aliphatic hydroxyl groups excluding tert-OH is 1. The van der Waals surface area contributed by atoms with Crippen molar-refractivity contribution in [1.29, 1.82) is 0 Å². The van der Waals surface area contributed by atoms with E-state index < -0.39 is 23.2 Å². The van der Waals surface area contributed by atoms with Crippen LogP contribution >= 0.6 is 0 Å². The molecule has 0 unspecified atom stereocenters. The Labute approximate surface area is 201 Å². The normalized spacial score (nSPS) is 24.8. The quantitative estimate of drug-likeness (QED) is 0.607. The summed E-state index contributed by atoms with van der Waals surface area (Å²) in [6.45, 7) is 6.03. The van der Waals surface area contributed by atoms with Crippen LogP contribution in [0.3, 0.4) is 0 Å². The zero-order valence-corrected chi connectivity index (χ0v) is 19.6. The Kier molecular flexibility index (Phi) is 4.73. The molecule has 7 nitrogen and oxygen atoms in total. The third kappa shape index (κ3) is 2.97. The van der Waals surface area contributed by atoms with Gasteiger partial charge in [0, 0.05) is 12.6 Å². The van der Waals surface area contributed by atoms with Crippen LogP contribution in [-0.2, 0) is 5.41 Å². The van der Waals surface area contributed by atoms with Gasteiger partial charge in [-0.15, -0.1) is 5.10 Å². The summed E-state index contributed by atoms with van der Waals surface area (Å²) in [5.74, 6) is -1.18. The van der Waals surface area contributed by atoms with Crippen molar-refractivity contribution >= 4 is 11.4 Å². The lowest BCUT2D eigenvalue weighted by Crippen LogP contribution is -2.38. The van der Waals surface area contributed by atoms with Gasteiger partial charge in [0.1, 0.15) is 17.3 Å². The van der Waals surface area contributed by atoms with Crippen LogP contribution in [0.15, 0.2) is 46.9 Å². The van der Waals surface area contributed by atoms with Crippen LogP contribution in [0.4, 0.5) is 8.78 Å². The zero-order valence-electron chi connectivity index (χ0n) is 19.6. The third-order valence-corrected chi connectivity index (χ3v) is 8.10. The van der Waals surface area contributed by atoms with Crippen LogP contribution in [0, 0.1) is 17.0 Å². The van der Waals surface area contributed by atoms with Crippen molar-refractivity contribution in [2.75, 3.05) is 0 Å². The summed E-state index contributed by atoms with van der Waals surface area (Å²) in [5.41, 5.74) is 3.62. The van der Waals surface area contributed by atoms with Gasteiger partial charge in [-0.3, -0.25) is 4.98 Å². The topological polar surface area (TPSA) is 96.5 Å². The Morgan fingerprint density at radius 2 is 1.83 bits per heavy atom. The van der Waals surface area contributed by atoms with Crippen LogP contribution in [0.5, 0.6) is 0 Å². The molecule has 178 valence electrons. The number of aromatic nitrogens is 4. The maximum atomic E-state index is 14.5. The third-order valence-electron chi connectivity index (χ3n) is 8.10. The molecule has 1 aliphatic heterocycles. The van der Waals surface area contributed by atoms with E-state index in [0.29, 0.717) is 23.5 Å². The number of nitrogens with zero attached hydrogens (tertiary/aromatic N) is 6. The highest BCUT2D eigenvalue weighted by Gasteiger charge is 2.65. The van der Waals surface area contributed by atoms with Gasteiger partial charge in [0.05, 0.1) is 51.8 Å². The summed E-state index contributed by atoms with van der Waals surface area (Å²) in [6, 6.07) is 5.58. The molecule has 0 spiro atoms. The highest BCUT2D eigenvalue weighted by molar-refractivity contribution is 6.15. The number of hydrogen-bond donors (Lipinski definition) is 1. The maximum Gasteiger partial charge on any atom is 0.135 e. The van der Waals surface area contributed by atoms with Crippen molar-refractivity contribution < 1.29 is 13.9 Å². The van der Waals surface area contributed by atoms with Gasteiger partial charge in [-0.1, -0.05) is 19.9 Å². The molecule has 2 bridgehead atoms. The molecule has 3 atom stereocenters. The lowest BCUT2D eigenvalue weighted by atomic mass is 9.66. The molecule has 35 heavy (non-hydrogen) atoms. The molecule has 1 saturated carbocycles. The van der Waals surface area contributed by atoms with Gasteiger partial charge in [-0.25, -0.2) is 13.8 Å². The predicted octanol–water partition coefficient (Wildman–Crippen LogP) is 4.34. The van der Waals surface area contributed by atoms with E-state index in [1.165, 1.54) is 18.2 Å². The average molecular weight is 475 g/mol. The SMILES string of the molecule is C[C@@H](O)C1=NN=C(c2cncc([C@@]34CC[C@@H](c5cc(-c6c(F)cccc6F)nnc53)C4(C)C)n2)C1. The molecule has 3 aliphatic rings. The van der Waals surface area contributed by atoms with E-state index in [1.54, 1.807) is 25.4 Å². The van der Waals surface area contributed by atoms with Gasteiger partial charge in [0.15, 0.2) is 0 Å². The van der Waals surface area contributed by atoms with E-state index in [9.17, 15) is 13.9 Å². The van der Waals surface area contributed by atoms with Crippen LogP contribution < -0.4 is 0 Å². The van der Waals surface area contributed by atoms with E-state index in [1.807, 2.05) is 0 Å². The molecule has 9 heteroatoms. The number of halogens is 2. The second-order valence-electron chi connectivity index (χ2n) is 10.1. The van der Waals surface area contributed by atoms with Crippen molar-refractivity contribution in [3.05, 3.63) is 70.9 Å². The molecular formula is C26H24F2N6O. The van der Waals surface area contributed by atoms with Gasteiger partial charge >= 0.3 is 0 Å². The first kappa shape index (κ1) is 22.0. The standard InChI is InChI=1S/C26H24F2N6O/c1-13(35)18-10-19(32-31-18)21-11-29-12-22(30-21)26-8-7-15(25(26,2)3)14-9-20(33-34-24(14)26)23-16(27)5-4-6-17(23)28/h4-6,9,11-13,15,35H,7-8,10H2,1-3H3/t13-,15+,26+/m1/s1. The van der Waals surface area contributed by atoms with Crippen molar-refractivity contribution in [2.45, 2.75) is 57.5 Å². The van der Waals surface area contributed by atoms with E-state index in [-0.39, 0.29) is 22.6 Å². The van der Waals surface area contributed by atoms with E-state index in [4.69, 9.17) is 4.98 Å². The molecule has 2 aliphatic carbocycles. The summed E-state index contributed by atoms with van der Waals surface area (Å²) in [4.78, 5) is 9.45.